The van der Waals surface area contributed by atoms with Crippen molar-refractivity contribution in [1.82, 2.24) is 10.6 Å². The third-order valence-corrected chi connectivity index (χ3v) is 7.24. The van der Waals surface area contributed by atoms with Crippen LogP contribution in [-0.4, -0.2) is 60.9 Å². The molecule has 0 aliphatic heterocycles. The summed E-state index contributed by atoms with van der Waals surface area (Å²) in [6.45, 7) is 0.575. The van der Waals surface area contributed by atoms with Crippen LogP contribution in [0.2, 0.25) is 0 Å². The summed E-state index contributed by atoms with van der Waals surface area (Å²) >= 11 is 0. The van der Waals surface area contributed by atoms with Crippen molar-refractivity contribution in [1.29, 1.82) is 0 Å². The molecule has 3 amide bonds. The Balaban J connectivity index is 1.76. The van der Waals surface area contributed by atoms with Gasteiger partial charge in [0, 0.05) is 19.5 Å². The third-order valence-electron chi connectivity index (χ3n) is 7.24. The normalized spacial score (nSPS) is 12.6. The Hall–Kier alpha value is -5.43. The minimum Gasteiger partial charge on any atom is -0.370 e. The number of rotatable bonds is 17. The lowest BCUT2D eigenvalue weighted by atomic mass is 9.97. The van der Waals surface area contributed by atoms with Crippen LogP contribution < -0.4 is 45.0 Å². The first-order valence-electron chi connectivity index (χ1n) is 15.0. The molecular formula is C33H44N10O3. The summed E-state index contributed by atoms with van der Waals surface area (Å²) in [6.07, 6.45) is 1.51. The van der Waals surface area contributed by atoms with Gasteiger partial charge in [-0.05, 0) is 59.6 Å². The van der Waals surface area contributed by atoms with Gasteiger partial charge in [-0.2, -0.15) is 0 Å². The van der Waals surface area contributed by atoms with E-state index in [0.717, 1.165) is 27.8 Å². The SMILES string of the molecule is NC(=O)[C@H](CCCN=C(N)N)NC(=O)[C@H](Cc1ccc(-c2cccc(-c3ccccc3)c2)cc1)NC(=O)[C@@H](N)CCCN=C(N)N. The Morgan fingerprint density at radius 3 is 1.70 bits per heavy atom. The van der Waals surface area contributed by atoms with Crippen LogP contribution in [0.4, 0.5) is 0 Å². The maximum atomic E-state index is 13.5. The number of aliphatic imine (C=N–C) groups is 2. The minimum absolute atomic E-state index is 0.0491. The topological polar surface area (TPSA) is 256 Å². The molecule has 46 heavy (non-hydrogen) atoms. The lowest BCUT2D eigenvalue weighted by molar-refractivity contribution is -0.131. The summed E-state index contributed by atoms with van der Waals surface area (Å²) < 4.78 is 0. The first-order chi connectivity index (χ1) is 22.0. The second-order valence-electron chi connectivity index (χ2n) is 10.9. The highest BCUT2D eigenvalue weighted by atomic mass is 16.2. The Bertz CT molecular complexity index is 1500. The molecular weight excluding hydrogens is 584 g/mol. The maximum absolute atomic E-state index is 13.5. The molecule has 3 rings (SSSR count). The fourth-order valence-electron chi connectivity index (χ4n) is 4.78. The molecule has 0 bridgehead atoms. The van der Waals surface area contributed by atoms with Crippen molar-refractivity contribution in [2.24, 2.45) is 44.4 Å². The third kappa shape index (κ3) is 11.6. The van der Waals surface area contributed by atoms with E-state index in [-0.39, 0.29) is 31.3 Å². The number of primary amides is 1. The minimum atomic E-state index is -1.04. The monoisotopic (exact) mass is 628 g/mol. The van der Waals surface area contributed by atoms with Crippen LogP contribution in [0, 0.1) is 0 Å². The second-order valence-corrected chi connectivity index (χ2v) is 10.9. The Morgan fingerprint density at radius 2 is 1.13 bits per heavy atom. The van der Waals surface area contributed by atoms with Gasteiger partial charge in [-0.25, -0.2) is 0 Å². The van der Waals surface area contributed by atoms with E-state index in [1.165, 1.54) is 0 Å². The van der Waals surface area contributed by atoms with E-state index in [2.05, 4.69) is 44.9 Å². The zero-order valence-electron chi connectivity index (χ0n) is 25.8. The van der Waals surface area contributed by atoms with E-state index in [1.54, 1.807) is 0 Å². The van der Waals surface area contributed by atoms with E-state index in [0.29, 0.717) is 25.8 Å². The zero-order chi connectivity index (χ0) is 33.5. The Kier molecular flexibility index (Phi) is 13.5. The molecule has 0 spiro atoms. The number of benzene rings is 3. The molecule has 13 nitrogen and oxygen atoms in total. The van der Waals surface area contributed by atoms with Crippen molar-refractivity contribution in [3.05, 3.63) is 84.4 Å². The molecule has 0 saturated heterocycles. The van der Waals surface area contributed by atoms with Crippen molar-refractivity contribution >= 4 is 29.6 Å². The molecule has 0 heterocycles. The van der Waals surface area contributed by atoms with Gasteiger partial charge in [-0.1, -0.05) is 72.8 Å². The average Bonchev–Trinajstić information content (AvgIpc) is 3.04. The smallest absolute Gasteiger partial charge is 0.243 e. The molecule has 0 aliphatic carbocycles. The van der Waals surface area contributed by atoms with Crippen LogP contribution in [0.1, 0.15) is 31.2 Å². The van der Waals surface area contributed by atoms with Crippen molar-refractivity contribution in [2.75, 3.05) is 13.1 Å². The van der Waals surface area contributed by atoms with Gasteiger partial charge in [0.1, 0.15) is 12.1 Å². The number of carbonyl (C=O) groups is 3. The second kappa shape index (κ2) is 17.8. The van der Waals surface area contributed by atoms with Crippen molar-refractivity contribution < 1.29 is 14.4 Å². The van der Waals surface area contributed by atoms with Crippen molar-refractivity contribution in [2.45, 2.75) is 50.2 Å². The van der Waals surface area contributed by atoms with Crippen molar-refractivity contribution in [3.8, 4) is 22.3 Å². The molecule has 0 fully saturated rings. The summed E-state index contributed by atoms with van der Waals surface area (Å²) in [5, 5.41) is 5.41. The molecule has 3 atom stereocenters. The van der Waals surface area contributed by atoms with Crippen LogP contribution in [-0.2, 0) is 20.8 Å². The largest absolute Gasteiger partial charge is 0.370 e. The van der Waals surface area contributed by atoms with Gasteiger partial charge in [-0.15, -0.1) is 0 Å². The standard InChI is InChI=1S/C33H44N10O3/c34-26(11-5-17-40-32(36)37)30(45)43-28(31(46)42-27(29(35)44)12-6-18-41-33(38)39)19-21-13-15-23(16-14-21)25-10-4-9-24(20-25)22-7-2-1-3-8-22/h1-4,7-10,13-16,20,26-28H,5-6,11-12,17-19,34H2,(H2,35,44)(H,42,46)(H,43,45)(H4,36,37,40)(H4,38,39,41)/t26-,27-,28-/m0/s1. The number of hydrogen-bond acceptors (Lipinski definition) is 6. The van der Waals surface area contributed by atoms with Gasteiger partial charge in [0.25, 0.3) is 0 Å². The molecule has 0 aliphatic rings. The number of amides is 3. The highest BCUT2D eigenvalue weighted by Gasteiger charge is 2.27. The van der Waals surface area contributed by atoms with Gasteiger partial charge in [0.05, 0.1) is 6.04 Å². The van der Waals surface area contributed by atoms with Crippen LogP contribution in [0.15, 0.2) is 88.8 Å². The molecule has 0 radical (unpaired) electrons. The highest BCUT2D eigenvalue weighted by molar-refractivity contribution is 5.93. The quantitative estimate of drug-likeness (QED) is 0.0590. The fraction of sp³-hybridized carbons (Fsp3) is 0.303. The lowest BCUT2D eigenvalue weighted by Gasteiger charge is -2.23. The number of nitrogens with one attached hydrogen (secondary N) is 2. The van der Waals surface area contributed by atoms with Gasteiger partial charge in [-0.3, -0.25) is 24.4 Å². The summed E-state index contributed by atoms with van der Waals surface area (Å²) in [5.74, 6) is -1.95. The van der Waals surface area contributed by atoms with Crippen LogP contribution >= 0.6 is 0 Å². The predicted molar refractivity (Wildman–Crippen MR) is 182 cm³/mol. The number of guanidine groups is 2. The summed E-state index contributed by atoms with van der Waals surface area (Å²) in [4.78, 5) is 46.4. The van der Waals surface area contributed by atoms with Crippen LogP contribution in [0.3, 0.4) is 0 Å². The number of hydrogen-bond donors (Lipinski definition) is 8. The molecule has 0 aromatic heterocycles. The van der Waals surface area contributed by atoms with Gasteiger partial charge < -0.3 is 45.0 Å². The fourth-order valence-corrected chi connectivity index (χ4v) is 4.78. The molecule has 14 N–H and O–H groups in total. The number of nitrogens with two attached hydrogens (primary N) is 6. The van der Waals surface area contributed by atoms with E-state index in [1.807, 2.05) is 54.6 Å². The van der Waals surface area contributed by atoms with Gasteiger partial charge in [0.2, 0.25) is 17.7 Å². The highest BCUT2D eigenvalue weighted by Crippen LogP contribution is 2.26. The zero-order valence-corrected chi connectivity index (χ0v) is 25.8. The van der Waals surface area contributed by atoms with E-state index < -0.39 is 35.8 Å². The summed E-state index contributed by atoms with van der Waals surface area (Å²) in [6, 6.07) is 23.1. The summed E-state index contributed by atoms with van der Waals surface area (Å²) in [5.41, 5.74) is 38.1. The first-order valence-corrected chi connectivity index (χ1v) is 15.0. The molecule has 3 aromatic rings. The molecule has 244 valence electrons. The first kappa shape index (κ1) is 35.1. The summed E-state index contributed by atoms with van der Waals surface area (Å²) in [7, 11) is 0. The van der Waals surface area contributed by atoms with E-state index >= 15 is 0 Å². The average molecular weight is 629 g/mol. The number of nitrogens with zero attached hydrogens (tertiary/aromatic N) is 2. The van der Waals surface area contributed by atoms with E-state index in [9.17, 15) is 14.4 Å². The van der Waals surface area contributed by atoms with Gasteiger partial charge >= 0.3 is 0 Å². The molecule has 13 heteroatoms. The van der Waals surface area contributed by atoms with Crippen LogP contribution in [0.25, 0.3) is 22.3 Å². The molecule has 0 saturated carbocycles. The van der Waals surface area contributed by atoms with Crippen molar-refractivity contribution in [3.63, 3.8) is 0 Å². The van der Waals surface area contributed by atoms with Crippen LogP contribution in [0.5, 0.6) is 0 Å². The molecule has 3 aromatic carbocycles. The maximum Gasteiger partial charge on any atom is 0.243 e. The number of carbonyl (C=O) groups excluding carboxylic acids is 3. The molecule has 0 unspecified atom stereocenters. The van der Waals surface area contributed by atoms with E-state index in [4.69, 9.17) is 34.4 Å². The Labute approximate surface area is 268 Å². The van der Waals surface area contributed by atoms with Gasteiger partial charge in [0.15, 0.2) is 11.9 Å². The lowest BCUT2D eigenvalue weighted by Crippen LogP contribution is -2.56. The Morgan fingerprint density at radius 1 is 0.609 bits per heavy atom. The predicted octanol–water partition coefficient (Wildman–Crippen LogP) is 0.453.